The summed E-state index contributed by atoms with van der Waals surface area (Å²) in [6, 6.07) is 10.0. The lowest BCUT2D eigenvalue weighted by Gasteiger charge is -2.22. The Morgan fingerprint density at radius 3 is 2.89 bits per heavy atom. The summed E-state index contributed by atoms with van der Waals surface area (Å²) in [6.07, 6.45) is 4.20. The van der Waals surface area contributed by atoms with Crippen LogP contribution < -0.4 is 10.1 Å². The van der Waals surface area contributed by atoms with Gasteiger partial charge < -0.3 is 19.9 Å². The number of carbonyl (C=O) groups is 1. The molecular weight excluding hydrogens is 350 g/mol. The Morgan fingerprint density at radius 1 is 1.14 bits per heavy atom. The lowest BCUT2D eigenvalue weighted by atomic mass is 10.0. The van der Waals surface area contributed by atoms with Crippen LogP contribution in [0.2, 0.25) is 0 Å². The maximum atomic E-state index is 13.1. The van der Waals surface area contributed by atoms with E-state index in [9.17, 15) is 4.79 Å². The average molecular weight is 375 g/mol. The number of nitrogens with zero attached hydrogens (tertiary/aromatic N) is 1. The van der Waals surface area contributed by atoms with Gasteiger partial charge in [0.05, 0.1) is 12.8 Å². The van der Waals surface area contributed by atoms with Gasteiger partial charge in [0.15, 0.2) is 0 Å². The maximum absolute atomic E-state index is 13.1. The number of anilines is 1. The molecule has 144 valence electrons. The minimum Gasteiger partial charge on any atom is -0.495 e. The molecule has 1 aliphatic heterocycles. The summed E-state index contributed by atoms with van der Waals surface area (Å²) in [4.78, 5) is 18.9. The molecule has 2 N–H and O–H groups in total. The third-order valence-electron chi connectivity index (χ3n) is 6.13. The van der Waals surface area contributed by atoms with Crippen LogP contribution in [0.15, 0.2) is 30.3 Å². The summed E-state index contributed by atoms with van der Waals surface area (Å²) in [6.45, 7) is 1.98. The van der Waals surface area contributed by atoms with Gasteiger partial charge in [-0.2, -0.15) is 0 Å². The van der Waals surface area contributed by atoms with Crippen molar-refractivity contribution in [3.8, 4) is 5.75 Å². The molecule has 0 radical (unpaired) electrons. The van der Waals surface area contributed by atoms with Gasteiger partial charge in [0, 0.05) is 41.7 Å². The van der Waals surface area contributed by atoms with Crippen LogP contribution >= 0.6 is 0 Å². The predicted molar refractivity (Wildman–Crippen MR) is 111 cm³/mol. The molecule has 0 atom stereocenters. The maximum Gasteiger partial charge on any atom is 0.255 e. The Hall–Kier alpha value is -2.79. The molecular formula is C23H25N3O2. The lowest BCUT2D eigenvalue weighted by Crippen LogP contribution is -2.26. The molecule has 0 unspecified atom stereocenters. The van der Waals surface area contributed by atoms with Crippen LogP contribution in [0, 0.1) is 0 Å². The Morgan fingerprint density at radius 2 is 2.04 bits per heavy atom. The summed E-state index contributed by atoms with van der Waals surface area (Å²) in [5.74, 6) is 0.648. The van der Waals surface area contributed by atoms with Crippen molar-refractivity contribution in [2.75, 3.05) is 26.0 Å². The van der Waals surface area contributed by atoms with E-state index in [1.165, 1.54) is 22.4 Å². The van der Waals surface area contributed by atoms with Crippen LogP contribution in [-0.4, -0.2) is 36.5 Å². The Bertz CT molecular complexity index is 1080. The van der Waals surface area contributed by atoms with Gasteiger partial charge in [-0.15, -0.1) is 0 Å². The molecule has 2 aliphatic rings. The highest BCUT2D eigenvalue weighted by Crippen LogP contribution is 2.37. The number of benzene rings is 2. The number of H-pyrrole nitrogens is 1. The van der Waals surface area contributed by atoms with E-state index < -0.39 is 0 Å². The van der Waals surface area contributed by atoms with Gasteiger partial charge in [0.25, 0.3) is 5.91 Å². The zero-order valence-corrected chi connectivity index (χ0v) is 16.4. The largest absolute Gasteiger partial charge is 0.495 e. The molecule has 2 heterocycles. The number of hydrogen-bond acceptors (Lipinski definition) is 3. The number of aromatic amines is 1. The molecule has 0 spiro atoms. The van der Waals surface area contributed by atoms with Crippen LogP contribution in [0.25, 0.3) is 10.9 Å². The van der Waals surface area contributed by atoms with Gasteiger partial charge in [-0.05, 0) is 67.3 Å². The summed E-state index contributed by atoms with van der Waals surface area (Å²) in [5, 5.41) is 4.29. The highest BCUT2D eigenvalue weighted by Gasteiger charge is 2.22. The van der Waals surface area contributed by atoms with Gasteiger partial charge in [0.2, 0.25) is 0 Å². The van der Waals surface area contributed by atoms with Crippen LogP contribution in [0.1, 0.15) is 39.2 Å². The zero-order valence-electron chi connectivity index (χ0n) is 16.4. The van der Waals surface area contributed by atoms with Crippen molar-refractivity contribution >= 4 is 22.5 Å². The van der Waals surface area contributed by atoms with Gasteiger partial charge >= 0.3 is 0 Å². The van der Waals surface area contributed by atoms with Crippen LogP contribution in [0.5, 0.6) is 5.75 Å². The van der Waals surface area contributed by atoms with Crippen molar-refractivity contribution in [3.63, 3.8) is 0 Å². The standard InChI is InChI=1S/C23H25N3O2/c1-26-11-10-20-18(13-26)17-12-15(6-8-19(17)24-20)23(27)25-22-16-5-3-4-14(16)7-9-21(22)28-2/h6-9,12,24H,3-5,10-11,13H2,1-2H3,(H,25,27). The van der Waals surface area contributed by atoms with Crippen LogP contribution in [0.3, 0.4) is 0 Å². The second-order valence-electron chi connectivity index (χ2n) is 7.92. The van der Waals surface area contributed by atoms with Crippen molar-refractivity contribution in [3.05, 3.63) is 58.3 Å². The average Bonchev–Trinajstić information content (AvgIpc) is 3.32. The predicted octanol–water partition coefficient (Wildman–Crippen LogP) is 3.91. The van der Waals surface area contributed by atoms with Crippen LogP contribution in [-0.2, 0) is 25.8 Å². The smallest absolute Gasteiger partial charge is 0.255 e. The molecule has 3 aromatic rings. The molecule has 1 aliphatic carbocycles. The first-order chi connectivity index (χ1) is 13.6. The monoisotopic (exact) mass is 375 g/mol. The summed E-state index contributed by atoms with van der Waals surface area (Å²) in [5.41, 5.74) is 7.77. The number of ether oxygens (including phenoxy) is 1. The number of likely N-dealkylation sites (N-methyl/N-ethyl adjacent to an activating group) is 1. The molecule has 5 rings (SSSR count). The van der Waals surface area contributed by atoms with Crippen molar-refractivity contribution in [2.24, 2.45) is 0 Å². The first-order valence-electron chi connectivity index (χ1n) is 9.96. The van der Waals surface area contributed by atoms with Crippen molar-refractivity contribution in [2.45, 2.75) is 32.2 Å². The lowest BCUT2D eigenvalue weighted by molar-refractivity contribution is 0.102. The molecule has 0 bridgehead atoms. The molecule has 0 saturated carbocycles. The number of aromatic nitrogens is 1. The van der Waals surface area contributed by atoms with E-state index in [-0.39, 0.29) is 5.91 Å². The van der Waals surface area contributed by atoms with E-state index in [4.69, 9.17) is 4.74 Å². The van der Waals surface area contributed by atoms with E-state index in [0.717, 1.165) is 61.1 Å². The number of fused-ring (bicyclic) bond motifs is 4. The van der Waals surface area contributed by atoms with E-state index in [0.29, 0.717) is 5.56 Å². The second-order valence-corrected chi connectivity index (χ2v) is 7.92. The van der Waals surface area contributed by atoms with E-state index in [1.54, 1.807) is 7.11 Å². The molecule has 0 fully saturated rings. The Balaban J connectivity index is 1.51. The SMILES string of the molecule is COc1ccc2c(c1NC(=O)c1ccc3[nH]c4c(c3c1)CN(C)CC4)CCC2. The third kappa shape index (κ3) is 2.78. The zero-order chi connectivity index (χ0) is 19.3. The molecule has 5 nitrogen and oxygen atoms in total. The first-order valence-corrected chi connectivity index (χ1v) is 9.96. The van der Waals surface area contributed by atoms with Gasteiger partial charge in [0.1, 0.15) is 5.75 Å². The highest BCUT2D eigenvalue weighted by atomic mass is 16.5. The van der Waals surface area contributed by atoms with Crippen molar-refractivity contribution in [1.82, 2.24) is 9.88 Å². The minimum atomic E-state index is -0.0837. The summed E-state index contributed by atoms with van der Waals surface area (Å²) < 4.78 is 5.53. The highest BCUT2D eigenvalue weighted by molar-refractivity contribution is 6.07. The molecule has 1 aromatic heterocycles. The Kier molecular flexibility index (Phi) is 4.13. The number of hydrogen-bond donors (Lipinski definition) is 2. The molecule has 0 saturated heterocycles. The minimum absolute atomic E-state index is 0.0837. The fourth-order valence-corrected chi connectivity index (χ4v) is 4.63. The van der Waals surface area contributed by atoms with E-state index in [1.807, 2.05) is 24.3 Å². The number of methoxy groups -OCH3 is 1. The molecule has 5 heteroatoms. The summed E-state index contributed by atoms with van der Waals surface area (Å²) in [7, 11) is 3.79. The topological polar surface area (TPSA) is 57.4 Å². The van der Waals surface area contributed by atoms with E-state index >= 15 is 0 Å². The van der Waals surface area contributed by atoms with E-state index in [2.05, 4.69) is 28.3 Å². The normalized spacial score (nSPS) is 16.1. The number of rotatable bonds is 3. The second kappa shape index (κ2) is 6.67. The van der Waals surface area contributed by atoms with Gasteiger partial charge in [-0.1, -0.05) is 6.07 Å². The van der Waals surface area contributed by atoms with Gasteiger partial charge in [-0.25, -0.2) is 0 Å². The van der Waals surface area contributed by atoms with Crippen molar-refractivity contribution < 1.29 is 9.53 Å². The fraction of sp³-hybridized carbons (Fsp3) is 0.348. The molecule has 2 aromatic carbocycles. The van der Waals surface area contributed by atoms with Crippen LogP contribution in [0.4, 0.5) is 5.69 Å². The van der Waals surface area contributed by atoms with Gasteiger partial charge in [-0.3, -0.25) is 4.79 Å². The quantitative estimate of drug-likeness (QED) is 0.730. The molecule has 1 amide bonds. The molecule has 28 heavy (non-hydrogen) atoms. The third-order valence-corrected chi connectivity index (χ3v) is 6.13. The number of nitrogens with one attached hydrogen (secondary N) is 2. The first kappa shape index (κ1) is 17.3. The van der Waals surface area contributed by atoms with Crippen molar-refractivity contribution in [1.29, 1.82) is 0 Å². The number of amides is 1. The summed E-state index contributed by atoms with van der Waals surface area (Å²) >= 11 is 0. The number of carbonyl (C=O) groups excluding carboxylic acids is 1. The Labute approximate surface area is 164 Å². The number of aryl methyl sites for hydroxylation is 1. The fourth-order valence-electron chi connectivity index (χ4n) is 4.63.